The van der Waals surface area contributed by atoms with Gasteiger partial charge in [-0.3, -0.25) is 33.6 Å². The first kappa shape index (κ1) is 45.8. The van der Waals surface area contributed by atoms with Crippen LogP contribution in [0.4, 0.5) is 0 Å². The molecule has 0 spiro atoms. The van der Waals surface area contributed by atoms with Crippen molar-refractivity contribution in [2.24, 2.45) is 17.4 Å². The number of carboxylic acid groups (broad SMARTS) is 1. The van der Waals surface area contributed by atoms with Crippen molar-refractivity contribution in [1.82, 2.24) is 30.7 Å². The average Bonchev–Trinajstić information content (AvgIpc) is 3.94. The van der Waals surface area contributed by atoms with E-state index < -0.39 is 71.9 Å². The molecule has 3 saturated heterocycles. The number of carbonyl (C=O) groups is 8. The summed E-state index contributed by atoms with van der Waals surface area (Å²) in [6.07, 6.45) is 7.22. The summed E-state index contributed by atoms with van der Waals surface area (Å²) in [6, 6.07) is -6.67. The Morgan fingerprint density at radius 2 is 1.18 bits per heavy atom. The van der Waals surface area contributed by atoms with Gasteiger partial charge in [-0.15, -0.1) is 0 Å². The number of thioether (sulfide) groups is 2. The predicted octanol–water partition coefficient (Wildman–Crippen LogP) is -0.356. The van der Waals surface area contributed by atoms with Gasteiger partial charge in [0.05, 0.1) is 6.04 Å². The van der Waals surface area contributed by atoms with Crippen molar-refractivity contribution >= 4 is 70.8 Å². The van der Waals surface area contributed by atoms with Gasteiger partial charge in [-0.05, 0) is 94.1 Å². The first-order valence-electron chi connectivity index (χ1n) is 19.2. The van der Waals surface area contributed by atoms with E-state index in [4.69, 9.17) is 11.5 Å². The highest BCUT2D eigenvalue weighted by atomic mass is 32.2. The summed E-state index contributed by atoms with van der Waals surface area (Å²) in [5.74, 6) is -3.76. The molecule has 55 heavy (non-hydrogen) atoms. The van der Waals surface area contributed by atoms with Crippen LogP contribution in [0, 0.1) is 5.92 Å². The summed E-state index contributed by atoms with van der Waals surface area (Å²) in [7, 11) is 0. The molecule has 19 heteroatoms. The predicted molar refractivity (Wildman–Crippen MR) is 209 cm³/mol. The lowest BCUT2D eigenvalue weighted by molar-refractivity contribution is -0.150. The Morgan fingerprint density at radius 3 is 1.73 bits per heavy atom. The molecule has 310 valence electrons. The van der Waals surface area contributed by atoms with Crippen LogP contribution < -0.4 is 27.4 Å². The number of amides is 7. The zero-order valence-electron chi connectivity index (χ0n) is 32.5. The van der Waals surface area contributed by atoms with Crippen LogP contribution in [0.5, 0.6) is 0 Å². The number of carboxylic acids is 1. The second-order valence-electron chi connectivity index (χ2n) is 14.9. The Bertz CT molecular complexity index is 1400. The molecule has 0 aromatic rings. The van der Waals surface area contributed by atoms with Crippen molar-refractivity contribution in [3.8, 4) is 0 Å². The highest BCUT2D eigenvalue weighted by Gasteiger charge is 2.46. The molecule has 3 heterocycles. The van der Waals surface area contributed by atoms with Crippen LogP contribution in [0.2, 0.25) is 0 Å². The van der Waals surface area contributed by atoms with Crippen molar-refractivity contribution in [2.45, 2.75) is 127 Å². The monoisotopic (exact) mass is 812 g/mol. The standard InChI is InChI=1S/C36H60N8O9S2/c1-21(2)20-25(31(47)39-23(14-19-55-4)30(46)40-24(36(52)53)11-12-29(38)45)41-32(48)26-8-5-15-42(26)34(50)28-10-7-17-44(28)35(51)27-9-6-16-43(27)33(49)22(37)13-18-54-3/h21-28H,5-20,37H2,1-4H3,(H2,38,45)(H,39,47)(H,40,46)(H,41,48)(H,52,53)/t22-,23-,24-,25-,26-,27-,28-/m0/s1. The van der Waals surface area contributed by atoms with Crippen LogP contribution in [0.3, 0.4) is 0 Å². The molecule has 0 unspecified atom stereocenters. The number of hydrogen-bond donors (Lipinski definition) is 6. The quantitative estimate of drug-likeness (QED) is 0.0870. The molecular weight excluding hydrogens is 753 g/mol. The van der Waals surface area contributed by atoms with E-state index in [-0.39, 0.29) is 49.3 Å². The van der Waals surface area contributed by atoms with Gasteiger partial charge >= 0.3 is 5.97 Å². The summed E-state index contributed by atoms with van der Waals surface area (Å²) in [4.78, 5) is 110. The van der Waals surface area contributed by atoms with Gasteiger partial charge in [-0.25, -0.2) is 4.79 Å². The Labute approximate surface area is 331 Å². The lowest BCUT2D eigenvalue weighted by Crippen LogP contribution is -2.59. The van der Waals surface area contributed by atoms with Crippen LogP contribution in [0.1, 0.15) is 84.5 Å². The fourth-order valence-corrected chi connectivity index (χ4v) is 8.37. The molecule has 0 bridgehead atoms. The van der Waals surface area contributed by atoms with Gasteiger partial charge in [0.2, 0.25) is 41.4 Å². The Balaban J connectivity index is 1.72. The number of primary amides is 1. The highest BCUT2D eigenvalue weighted by Crippen LogP contribution is 2.29. The van der Waals surface area contributed by atoms with Gasteiger partial charge in [0.15, 0.2) is 0 Å². The molecule has 7 amide bonds. The maximum atomic E-state index is 14.1. The maximum Gasteiger partial charge on any atom is 0.326 e. The second kappa shape index (κ2) is 22.2. The molecule has 17 nitrogen and oxygen atoms in total. The zero-order chi connectivity index (χ0) is 40.8. The molecule has 3 fully saturated rings. The molecule has 8 N–H and O–H groups in total. The first-order chi connectivity index (χ1) is 26.1. The van der Waals surface area contributed by atoms with Crippen LogP contribution in [-0.4, -0.2) is 153 Å². The minimum atomic E-state index is -1.40. The molecule has 0 aromatic carbocycles. The number of rotatable bonds is 21. The molecule has 3 aliphatic heterocycles. The van der Waals surface area contributed by atoms with Crippen molar-refractivity contribution in [3.63, 3.8) is 0 Å². The van der Waals surface area contributed by atoms with E-state index in [0.717, 1.165) is 5.75 Å². The van der Waals surface area contributed by atoms with E-state index in [1.165, 1.54) is 16.7 Å². The Hall–Kier alpha value is -3.58. The number of nitrogens with one attached hydrogen (secondary N) is 3. The SMILES string of the molecule is CSCC[C@H](NC(=O)[C@H](CC(C)C)NC(=O)[C@@H]1CCCN1C(=O)[C@@H]1CCCN1C(=O)[C@@H]1CCCN1C(=O)[C@@H](N)CCSC)C(=O)N[C@@H](CCC(N)=O)C(=O)O. The smallest absolute Gasteiger partial charge is 0.326 e. The lowest BCUT2D eigenvalue weighted by Gasteiger charge is -2.34. The maximum absolute atomic E-state index is 14.1. The van der Waals surface area contributed by atoms with Crippen molar-refractivity contribution < 1.29 is 43.5 Å². The fraction of sp³-hybridized carbons (Fsp3) is 0.778. The summed E-state index contributed by atoms with van der Waals surface area (Å²) in [5, 5.41) is 17.5. The molecule has 0 aliphatic carbocycles. The van der Waals surface area contributed by atoms with Crippen LogP contribution >= 0.6 is 23.5 Å². The van der Waals surface area contributed by atoms with E-state index in [2.05, 4.69) is 16.0 Å². The molecule has 7 atom stereocenters. The number of nitrogens with two attached hydrogens (primary N) is 2. The molecule has 0 aromatic heterocycles. The third-order valence-corrected chi connectivity index (χ3v) is 11.6. The normalized spacial score (nSPS) is 21.9. The molecule has 3 aliphatic rings. The van der Waals surface area contributed by atoms with Crippen LogP contribution in [0.15, 0.2) is 0 Å². The summed E-state index contributed by atoms with van der Waals surface area (Å²) in [6.45, 7) is 4.82. The van der Waals surface area contributed by atoms with Gasteiger partial charge in [-0.2, -0.15) is 23.5 Å². The van der Waals surface area contributed by atoms with Gasteiger partial charge in [-0.1, -0.05) is 13.8 Å². The minimum absolute atomic E-state index is 0.0544. The lowest BCUT2D eigenvalue weighted by atomic mass is 10.0. The van der Waals surface area contributed by atoms with Gasteiger partial charge in [0.25, 0.3) is 0 Å². The van der Waals surface area contributed by atoms with Crippen LogP contribution in [-0.2, 0) is 38.4 Å². The van der Waals surface area contributed by atoms with E-state index in [1.807, 2.05) is 26.4 Å². The number of aliphatic carboxylic acids is 1. The minimum Gasteiger partial charge on any atom is -0.480 e. The van der Waals surface area contributed by atoms with Gasteiger partial charge < -0.3 is 47.2 Å². The van der Waals surface area contributed by atoms with Crippen molar-refractivity contribution in [2.75, 3.05) is 43.7 Å². The first-order valence-corrected chi connectivity index (χ1v) is 22.0. The Morgan fingerprint density at radius 1 is 0.691 bits per heavy atom. The number of nitrogens with zero attached hydrogens (tertiary/aromatic N) is 3. The summed E-state index contributed by atoms with van der Waals surface area (Å²) < 4.78 is 0. The second-order valence-corrected chi connectivity index (χ2v) is 16.9. The largest absolute Gasteiger partial charge is 0.480 e. The third kappa shape index (κ3) is 13.0. The van der Waals surface area contributed by atoms with E-state index in [0.29, 0.717) is 70.3 Å². The number of hydrogen-bond acceptors (Lipinski definition) is 11. The third-order valence-electron chi connectivity index (χ3n) is 10.3. The topological polar surface area (TPSA) is 255 Å². The average molecular weight is 813 g/mol. The number of carbonyl (C=O) groups excluding carboxylic acids is 7. The van der Waals surface area contributed by atoms with Crippen molar-refractivity contribution in [3.05, 3.63) is 0 Å². The molecular formula is C36H60N8O9S2. The van der Waals surface area contributed by atoms with E-state index in [1.54, 1.807) is 21.6 Å². The highest BCUT2D eigenvalue weighted by molar-refractivity contribution is 7.98. The fourth-order valence-electron chi connectivity index (χ4n) is 7.41. The van der Waals surface area contributed by atoms with Gasteiger partial charge in [0, 0.05) is 26.1 Å². The zero-order valence-corrected chi connectivity index (χ0v) is 34.1. The van der Waals surface area contributed by atoms with Gasteiger partial charge in [0.1, 0.15) is 36.3 Å². The molecule has 3 rings (SSSR count). The summed E-state index contributed by atoms with van der Waals surface area (Å²) in [5.41, 5.74) is 11.3. The molecule has 0 radical (unpaired) electrons. The summed E-state index contributed by atoms with van der Waals surface area (Å²) >= 11 is 3.02. The van der Waals surface area contributed by atoms with Crippen LogP contribution in [0.25, 0.3) is 0 Å². The van der Waals surface area contributed by atoms with Crippen molar-refractivity contribution in [1.29, 1.82) is 0 Å². The molecule has 0 saturated carbocycles. The van der Waals surface area contributed by atoms with E-state index >= 15 is 0 Å². The van der Waals surface area contributed by atoms with E-state index in [9.17, 15) is 43.5 Å². The Kier molecular flexibility index (Phi) is 18.5. The number of likely N-dealkylation sites (tertiary alicyclic amines) is 3.